The van der Waals surface area contributed by atoms with Crippen LogP contribution in [0.4, 0.5) is 18.9 Å². The molecule has 2 heterocycles. The van der Waals surface area contributed by atoms with Gasteiger partial charge in [0.2, 0.25) is 5.91 Å². The van der Waals surface area contributed by atoms with Crippen molar-refractivity contribution >= 4 is 11.6 Å². The van der Waals surface area contributed by atoms with Crippen LogP contribution in [0.5, 0.6) is 0 Å². The zero-order valence-electron chi connectivity index (χ0n) is 13.7. The maximum atomic E-state index is 12.8. The summed E-state index contributed by atoms with van der Waals surface area (Å²) in [5, 5.41) is 0. The van der Waals surface area contributed by atoms with Crippen LogP contribution >= 0.6 is 0 Å². The van der Waals surface area contributed by atoms with Crippen molar-refractivity contribution in [3.8, 4) is 0 Å². The Labute approximate surface area is 143 Å². The van der Waals surface area contributed by atoms with Crippen LogP contribution in [0, 0.1) is 0 Å². The predicted octanol–water partition coefficient (Wildman–Crippen LogP) is 3.51. The van der Waals surface area contributed by atoms with E-state index in [9.17, 15) is 18.0 Å². The third-order valence-corrected chi connectivity index (χ3v) is 4.43. The molecule has 1 unspecified atom stereocenters. The number of nitrogens with zero attached hydrogens (tertiary/aromatic N) is 3. The zero-order valence-corrected chi connectivity index (χ0v) is 13.7. The van der Waals surface area contributed by atoms with E-state index in [4.69, 9.17) is 0 Å². The number of aromatic nitrogens is 1. The summed E-state index contributed by atoms with van der Waals surface area (Å²) in [5.41, 5.74) is 0.351. The summed E-state index contributed by atoms with van der Waals surface area (Å²) >= 11 is 0. The zero-order chi connectivity index (χ0) is 18.0. The van der Waals surface area contributed by atoms with E-state index in [2.05, 4.69) is 4.98 Å². The van der Waals surface area contributed by atoms with Crippen LogP contribution in [-0.2, 0) is 11.0 Å². The van der Waals surface area contributed by atoms with Crippen molar-refractivity contribution in [2.75, 3.05) is 24.5 Å². The maximum Gasteiger partial charge on any atom is 0.433 e. The van der Waals surface area contributed by atoms with Gasteiger partial charge in [0.15, 0.2) is 0 Å². The minimum Gasteiger partial charge on any atom is -0.310 e. The lowest BCUT2D eigenvalue weighted by atomic mass is 10.1. The Kier molecular flexibility index (Phi) is 4.76. The second kappa shape index (κ2) is 6.84. The van der Waals surface area contributed by atoms with Crippen LogP contribution in [0.25, 0.3) is 0 Å². The molecule has 4 nitrogen and oxygen atoms in total. The lowest BCUT2D eigenvalue weighted by Crippen LogP contribution is -2.51. The van der Waals surface area contributed by atoms with Crippen LogP contribution in [-0.4, -0.2) is 35.4 Å². The summed E-state index contributed by atoms with van der Waals surface area (Å²) in [7, 11) is 0. The molecule has 1 aromatic carbocycles. The first kappa shape index (κ1) is 17.4. The molecule has 2 aromatic rings. The number of piperazine rings is 1. The normalized spacial score (nSPS) is 17.6. The van der Waals surface area contributed by atoms with Crippen LogP contribution in [0.15, 0.2) is 48.7 Å². The van der Waals surface area contributed by atoms with Crippen molar-refractivity contribution in [1.29, 1.82) is 0 Å². The third-order valence-electron chi connectivity index (χ3n) is 4.43. The first-order valence-electron chi connectivity index (χ1n) is 7.99. The summed E-state index contributed by atoms with van der Waals surface area (Å²) in [4.78, 5) is 19.2. The Balaban J connectivity index is 1.73. The number of anilines is 1. The third kappa shape index (κ3) is 3.82. The molecule has 0 spiro atoms. The molecule has 25 heavy (non-hydrogen) atoms. The van der Waals surface area contributed by atoms with Crippen molar-refractivity contribution in [2.45, 2.75) is 19.1 Å². The Morgan fingerprint density at radius 2 is 1.84 bits per heavy atom. The standard InChI is InChI=1S/C18H18F3N3O/c1-13(14-5-3-2-4-6-14)23-9-10-24(17(25)12-23)15-7-8-22-16(11-15)18(19,20)21/h2-8,11,13H,9-10,12H2,1H3. The number of hydrogen-bond acceptors (Lipinski definition) is 3. The first-order chi connectivity index (χ1) is 11.9. The fourth-order valence-electron chi connectivity index (χ4n) is 2.98. The fourth-order valence-corrected chi connectivity index (χ4v) is 2.98. The average molecular weight is 349 g/mol. The Bertz CT molecular complexity index is 749. The summed E-state index contributed by atoms with van der Waals surface area (Å²) in [5.74, 6) is -0.214. The number of halogens is 3. The quantitative estimate of drug-likeness (QED) is 0.851. The van der Waals surface area contributed by atoms with E-state index in [0.29, 0.717) is 13.1 Å². The minimum atomic E-state index is -4.53. The van der Waals surface area contributed by atoms with E-state index >= 15 is 0 Å². The molecule has 1 amide bonds. The van der Waals surface area contributed by atoms with E-state index in [1.165, 1.54) is 11.0 Å². The van der Waals surface area contributed by atoms with Crippen LogP contribution in [0.2, 0.25) is 0 Å². The highest BCUT2D eigenvalue weighted by Gasteiger charge is 2.34. The molecule has 7 heteroatoms. The molecule has 0 N–H and O–H groups in total. The molecule has 3 rings (SSSR count). The Morgan fingerprint density at radius 1 is 1.12 bits per heavy atom. The number of benzene rings is 1. The number of hydrogen-bond donors (Lipinski definition) is 0. The van der Waals surface area contributed by atoms with Gasteiger partial charge in [-0.25, -0.2) is 0 Å². The van der Waals surface area contributed by atoms with E-state index in [0.717, 1.165) is 17.8 Å². The molecule has 1 aliphatic heterocycles. The molecule has 132 valence electrons. The van der Waals surface area contributed by atoms with Crippen molar-refractivity contribution in [1.82, 2.24) is 9.88 Å². The highest BCUT2D eigenvalue weighted by molar-refractivity contribution is 5.95. The number of rotatable bonds is 3. The number of carbonyl (C=O) groups excluding carboxylic acids is 1. The second-order valence-electron chi connectivity index (χ2n) is 6.00. The Morgan fingerprint density at radius 3 is 2.48 bits per heavy atom. The molecule has 1 aromatic heterocycles. The van der Waals surface area contributed by atoms with Crippen LogP contribution < -0.4 is 4.90 Å². The molecule has 1 fully saturated rings. The largest absolute Gasteiger partial charge is 0.433 e. The van der Waals surface area contributed by atoms with Gasteiger partial charge in [0.05, 0.1) is 6.54 Å². The summed E-state index contributed by atoms with van der Waals surface area (Å²) in [6.07, 6.45) is -3.44. The number of carbonyl (C=O) groups is 1. The second-order valence-corrected chi connectivity index (χ2v) is 6.00. The highest BCUT2D eigenvalue weighted by Crippen LogP contribution is 2.31. The topological polar surface area (TPSA) is 36.4 Å². The number of alkyl halides is 3. The van der Waals surface area contributed by atoms with Gasteiger partial charge in [-0.15, -0.1) is 0 Å². The van der Waals surface area contributed by atoms with Crippen molar-refractivity contribution in [3.05, 3.63) is 59.9 Å². The minimum absolute atomic E-state index is 0.0653. The number of amides is 1. The van der Waals surface area contributed by atoms with Crippen molar-refractivity contribution in [2.24, 2.45) is 0 Å². The van der Waals surface area contributed by atoms with Crippen molar-refractivity contribution < 1.29 is 18.0 Å². The lowest BCUT2D eigenvalue weighted by molar-refractivity contribution is -0.141. The molecule has 0 radical (unpaired) electrons. The van der Waals surface area contributed by atoms with Gasteiger partial charge >= 0.3 is 6.18 Å². The van der Waals surface area contributed by atoms with Gasteiger partial charge in [0, 0.05) is 31.0 Å². The predicted molar refractivity (Wildman–Crippen MR) is 88.0 cm³/mol. The average Bonchev–Trinajstić information content (AvgIpc) is 2.61. The van der Waals surface area contributed by atoms with Gasteiger partial charge < -0.3 is 4.90 Å². The molecular formula is C18H18F3N3O. The van der Waals surface area contributed by atoms with E-state index in [1.54, 1.807) is 0 Å². The van der Waals surface area contributed by atoms with Crippen molar-refractivity contribution in [3.63, 3.8) is 0 Å². The van der Waals surface area contributed by atoms with Gasteiger partial charge in [0.25, 0.3) is 0 Å². The molecule has 0 saturated carbocycles. The summed E-state index contributed by atoms with van der Waals surface area (Å²) < 4.78 is 38.4. The molecule has 0 aliphatic carbocycles. The van der Waals surface area contributed by atoms with Gasteiger partial charge in [-0.05, 0) is 24.6 Å². The molecule has 1 aliphatic rings. The van der Waals surface area contributed by atoms with Gasteiger partial charge in [-0.3, -0.25) is 14.7 Å². The SMILES string of the molecule is CC(c1ccccc1)N1CCN(c2ccnc(C(F)(F)F)c2)C(=O)C1. The molecule has 1 atom stereocenters. The van der Waals surface area contributed by atoms with Gasteiger partial charge in [-0.1, -0.05) is 30.3 Å². The fraction of sp³-hybridized carbons (Fsp3) is 0.333. The van der Waals surface area contributed by atoms with Crippen LogP contribution in [0.3, 0.4) is 0 Å². The smallest absolute Gasteiger partial charge is 0.310 e. The van der Waals surface area contributed by atoms with Gasteiger partial charge in [0.1, 0.15) is 5.69 Å². The first-order valence-corrected chi connectivity index (χ1v) is 7.99. The number of pyridine rings is 1. The lowest BCUT2D eigenvalue weighted by Gasteiger charge is -2.37. The van der Waals surface area contributed by atoms with E-state index in [-0.39, 0.29) is 24.2 Å². The highest BCUT2D eigenvalue weighted by atomic mass is 19.4. The molecular weight excluding hydrogens is 331 g/mol. The summed E-state index contributed by atoms with van der Waals surface area (Å²) in [6, 6.07) is 12.2. The molecule has 0 bridgehead atoms. The van der Waals surface area contributed by atoms with E-state index < -0.39 is 11.9 Å². The molecule has 1 saturated heterocycles. The summed E-state index contributed by atoms with van der Waals surface area (Å²) in [6.45, 7) is 3.12. The maximum absolute atomic E-state index is 12.8. The van der Waals surface area contributed by atoms with Gasteiger partial charge in [-0.2, -0.15) is 13.2 Å². The Hall–Kier alpha value is -2.41. The van der Waals surface area contributed by atoms with Crippen LogP contribution in [0.1, 0.15) is 24.2 Å². The monoisotopic (exact) mass is 349 g/mol. The van der Waals surface area contributed by atoms with E-state index in [1.807, 2.05) is 42.2 Å².